The van der Waals surface area contributed by atoms with E-state index in [0.717, 1.165) is 22.2 Å². The van der Waals surface area contributed by atoms with Crippen LogP contribution in [0.5, 0.6) is 5.75 Å². The molecule has 0 fully saturated rings. The van der Waals surface area contributed by atoms with Gasteiger partial charge in [0.2, 0.25) is 0 Å². The summed E-state index contributed by atoms with van der Waals surface area (Å²) in [4.78, 5) is 8.68. The molecule has 0 saturated heterocycles. The summed E-state index contributed by atoms with van der Waals surface area (Å²) in [5.41, 5.74) is 4.54. The van der Waals surface area contributed by atoms with Crippen molar-refractivity contribution in [3.05, 3.63) is 55.0 Å². The molecule has 2 aromatic heterocycles. The van der Waals surface area contributed by atoms with Gasteiger partial charge >= 0.3 is 0 Å². The summed E-state index contributed by atoms with van der Waals surface area (Å²) in [6, 6.07) is 11.7. The summed E-state index contributed by atoms with van der Waals surface area (Å²) in [6.45, 7) is 0. The van der Waals surface area contributed by atoms with E-state index in [1.807, 2.05) is 19.3 Å². The van der Waals surface area contributed by atoms with Gasteiger partial charge in [-0.1, -0.05) is 12.1 Å². The third kappa shape index (κ3) is 1.84. The third-order valence-corrected chi connectivity index (χ3v) is 3.76. The highest BCUT2D eigenvalue weighted by Crippen LogP contribution is 2.32. The zero-order chi connectivity index (χ0) is 14.4. The average Bonchev–Trinajstić information content (AvgIpc) is 2.87. The second-order valence-electron chi connectivity index (χ2n) is 5.12. The van der Waals surface area contributed by atoms with Crippen LogP contribution in [0, 0.1) is 0 Å². The van der Waals surface area contributed by atoms with Crippen molar-refractivity contribution >= 4 is 21.9 Å². The molecule has 0 aliphatic heterocycles. The molecular formula is C17H13N3O. The molecular weight excluding hydrogens is 262 g/mol. The Morgan fingerprint density at radius 2 is 1.86 bits per heavy atom. The van der Waals surface area contributed by atoms with Gasteiger partial charge in [0.05, 0.1) is 11.0 Å². The molecule has 4 nitrogen and oxygen atoms in total. The van der Waals surface area contributed by atoms with E-state index in [4.69, 9.17) is 0 Å². The van der Waals surface area contributed by atoms with Crippen LogP contribution in [0.25, 0.3) is 33.1 Å². The maximum atomic E-state index is 9.93. The highest BCUT2D eigenvalue weighted by Gasteiger charge is 2.09. The fraction of sp³-hybridized carbons (Fsp3) is 0.0588. The molecule has 0 bridgehead atoms. The molecule has 0 unspecified atom stereocenters. The third-order valence-electron chi connectivity index (χ3n) is 3.76. The summed E-state index contributed by atoms with van der Waals surface area (Å²) in [6.07, 6.45) is 5.34. The minimum Gasteiger partial charge on any atom is -0.508 e. The van der Waals surface area contributed by atoms with E-state index in [0.29, 0.717) is 5.52 Å². The van der Waals surface area contributed by atoms with E-state index in [1.165, 1.54) is 5.39 Å². The largest absolute Gasteiger partial charge is 0.508 e. The molecule has 2 aromatic carbocycles. The summed E-state index contributed by atoms with van der Waals surface area (Å²) < 4.78 is 2.08. The molecule has 4 aromatic rings. The van der Waals surface area contributed by atoms with Crippen molar-refractivity contribution < 1.29 is 5.11 Å². The van der Waals surface area contributed by atoms with E-state index >= 15 is 0 Å². The first-order chi connectivity index (χ1) is 10.2. The van der Waals surface area contributed by atoms with Crippen molar-refractivity contribution in [2.45, 2.75) is 0 Å². The number of aromatic hydroxyl groups is 1. The number of aromatic nitrogens is 3. The second kappa shape index (κ2) is 4.31. The molecule has 4 heteroatoms. The molecule has 102 valence electrons. The van der Waals surface area contributed by atoms with Crippen molar-refractivity contribution in [3.8, 4) is 16.9 Å². The summed E-state index contributed by atoms with van der Waals surface area (Å²) in [5, 5.41) is 11.1. The average molecular weight is 275 g/mol. The highest BCUT2D eigenvalue weighted by molar-refractivity contribution is 5.95. The van der Waals surface area contributed by atoms with Crippen molar-refractivity contribution in [2.75, 3.05) is 0 Å². The number of rotatable bonds is 1. The molecule has 2 heterocycles. The smallest absolute Gasteiger partial charge is 0.118 e. The number of benzene rings is 2. The van der Waals surface area contributed by atoms with E-state index in [1.54, 1.807) is 24.5 Å². The van der Waals surface area contributed by atoms with Gasteiger partial charge in [-0.2, -0.15) is 0 Å². The van der Waals surface area contributed by atoms with Crippen LogP contribution in [0.1, 0.15) is 0 Å². The van der Waals surface area contributed by atoms with Gasteiger partial charge in [0.1, 0.15) is 5.75 Å². The lowest BCUT2D eigenvalue weighted by Crippen LogP contribution is -1.89. The van der Waals surface area contributed by atoms with Crippen LogP contribution in [0.4, 0.5) is 0 Å². The lowest BCUT2D eigenvalue weighted by Gasteiger charge is -2.07. The van der Waals surface area contributed by atoms with Crippen molar-refractivity contribution in [1.82, 2.24) is 14.5 Å². The minimum absolute atomic E-state index is 0.199. The number of fused-ring (bicyclic) bond motifs is 2. The number of aryl methyl sites for hydroxylation is 1. The number of hydrogen-bond donors (Lipinski definition) is 1. The van der Waals surface area contributed by atoms with Gasteiger partial charge in [0, 0.05) is 42.8 Å². The molecule has 1 N–H and O–H groups in total. The van der Waals surface area contributed by atoms with Crippen LogP contribution in [0.15, 0.2) is 55.0 Å². The Morgan fingerprint density at radius 1 is 1.00 bits per heavy atom. The predicted octanol–water partition coefficient (Wildman–Crippen LogP) is 3.49. The molecule has 0 saturated carbocycles. The fourth-order valence-electron chi connectivity index (χ4n) is 2.71. The van der Waals surface area contributed by atoms with Crippen LogP contribution >= 0.6 is 0 Å². The fourth-order valence-corrected chi connectivity index (χ4v) is 2.71. The van der Waals surface area contributed by atoms with Gasteiger partial charge in [-0.25, -0.2) is 0 Å². The van der Waals surface area contributed by atoms with Crippen LogP contribution in [0.2, 0.25) is 0 Å². The minimum atomic E-state index is 0.199. The molecule has 21 heavy (non-hydrogen) atoms. The van der Waals surface area contributed by atoms with Crippen molar-refractivity contribution in [1.29, 1.82) is 0 Å². The number of nitrogens with zero attached hydrogens (tertiary/aromatic N) is 3. The topological polar surface area (TPSA) is 50.9 Å². The lowest BCUT2D eigenvalue weighted by atomic mass is 10.0. The lowest BCUT2D eigenvalue weighted by molar-refractivity contribution is 0.476. The van der Waals surface area contributed by atoms with Crippen LogP contribution in [-0.2, 0) is 7.05 Å². The van der Waals surface area contributed by atoms with Gasteiger partial charge in [-0.15, -0.1) is 0 Å². The first-order valence-corrected chi connectivity index (χ1v) is 6.71. The zero-order valence-electron chi connectivity index (χ0n) is 11.5. The molecule has 4 rings (SSSR count). The maximum absolute atomic E-state index is 9.93. The Hall–Kier alpha value is -2.88. The summed E-state index contributed by atoms with van der Waals surface area (Å²) in [7, 11) is 2.02. The molecule has 0 aliphatic carbocycles. The van der Waals surface area contributed by atoms with Crippen LogP contribution in [0.3, 0.4) is 0 Å². The van der Waals surface area contributed by atoms with E-state index < -0.39 is 0 Å². The van der Waals surface area contributed by atoms with Crippen molar-refractivity contribution in [3.63, 3.8) is 0 Å². The van der Waals surface area contributed by atoms with Gasteiger partial charge in [0.15, 0.2) is 0 Å². The van der Waals surface area contributed by atoms with E-state index in [-0.39, 0.29) is 5.75 Å². The quantitative estimate of drug-likeness (QED) is 0.578. The van der Waals surface area contributed by atoms with Crippen LogP contribution < -0.4 is 0 Å². The highest BCUT2D eigenvalue weighted by atomic mass is 16.3. The first-order valence-electron chi connectivity index (χ1n) is 6.71. The standard InChI is InChI=1S/C17H13N3O/c1-20-7-4-11-2-3-12(8-16(11)20)14-9-13(21)10-15-17(14)19-6-5-18-15/h2-10,21H,1H3. The zero-order valence-corrected chi connectivity index (χ0v) is 11.5. The van der Waals surface area contributed by atoms with Gasteiger partial charge in [-0.05, 0) is 29.1 Å². The molecule has 0 radical (unpaired) electrons. The Kier molecular flexibility index (Phi) is 2.44. The van der Waals surface area contributed by atoms with Gasteiger partial charge < -0.3 is 9.67 Å². The van der Waals surface area contributed by atoms with E-state index in [2.05, 4.69) is 32.7 Å². The second-order valence-corrected chi connectivity index (χ2v) is 5.12. The van der Waals surface area contributed by atoms with Crippen molar-refractivity contribution in [2.24, 2.45) is 7.05 Å². The Morgan fingerprint density at radius 3 is 2.76 bits per heavy atom. The maximum Gasteiger partial charge on any atom is 0.118 e. The molecule has 0 atom stereocenters. The first kappa shape index (κ1) is 11.9. The Bertz CT molecular complexity index is 972. The van der Waals surface area contributed by atoms with E-state index in [9.17, 15) is 5.11 Å². The SMILES string of the molecule is Cn1ccc2ccc(-c3cc(O)cc4nccnc34)cc21. The van der Waals surface area contributed by atoms with Gasteiger partial charge in [-0.3, -0.25) is 9.97 Å². The molecule has 0 spiro atoms. The Labute approximate surface area is 121 Å². The number of phenols is 1. The van der Waals surface area contributed by atoms with Crippen LogP contribution in [-0.4, -0.2) is 19.6 Å². The molecule has 0 aliphatic rings. The molecule has 0 amide bonds. The monoisotopic (exact) mass is 275 g/mol. The summed E-state index contributed by atoms with van der Waals surface area (Å²) in [5.74, 6) is 0.199. The number of hydrogen-bond acceptors (Lipinski definition) is 3. The normalized spacial score (nSPS) is 11.3. The predicted molar refractivity (Wildman–Crippen MR) is 83.1 cm³/mol. The summed E-state index contributed by atoms with van der Waals surface area (Å²) >= 11 is 0. The number of phenolic OH excluding ortho intramolecular Hbond substituents is 1. The van der Waals surface area contributed by atoms with Gasteiger partial charge in [0.25, 0.3) is 0 Å². The Balaban J connectivity index is 2.05.